The molecule has 1 aliphatic carbocycles. The largest absolute Gasteiger partial charge is 0.390 e. The Morgan fingerprint density at radius 2 is 2.16 bits per heavy atom. The van der Waals surface area contributed by atoms with E-state index in [1.807, 2.05) is 30.3 Å². The number of nitrogens with one attached hydrogen (secondary N) is 1. The fourth-order valence-corrected chi connectivity index (χ4v) is 3.10. The molecule has 25 heavy (non-hydrogen) atoms. The molecule has 1 amide bonds. The topological polar surface area (TPSA) is 97.5 Å². The summed E-state index contributed by atoms with van der Waals surface area (Å²) < 4.78 is 10.5. The van der Waals surface area contributed by atoms with E-state index in [0.717, 1.165) is 5.56 Å². The van der Waals surface area contributed by atoms with Gasteiger partial charge in [-0.15, -0.1) is 0 Å². The summed E-state index contributed by atoms with van der Waals surface area (Å²) in [6.07, 6.45) is 1.56. The molecule has 1 heterocycles. The van der Waals surface area contributed by atoms with E-state index in [4.69, 9.17) is 9.26 Å². The van der Waals surface area contributed by atoms with Gasteiger partial charge in [-0.25, -0.2) is 0 Å². The molecule has 134 valence electrons. The van der Waals surface area contributed by atoms with Gasteiger partial charge in [-0.05, 0) is 31.4 Å². The summed E-state index contributed by atoms with van der Waals surface area (Å²) in [5.74, 6) is 0.901. The Morgan fingerprint density at radius 1 is 1.36 bits per heavy atom. The van der Waals surface area contributed by atoms with E-state index in [0.29, 0.717) is 43.9 Å². The molecule has 0 bridgehead atoms. The number of nitrogens with zero attached hydrogens (tertiary/aromatic N) is 2. The van der Waals surface area contributed by atoms with Crippen molar-refractivity contribution in [1.82, 2.24) is 15.5 Å². The van der Waals surface area contributed by atoms with Gasteiger partial charge in [-0.3, -0.25) is 4.79 Å². The third-order valence-corrected chi connectivity index (χ3v) is 4.57. The van der Waals surface area contributed by atoms with E-state index in [1.165, 1.54) is 0 Å². The lowest BCUT2D eigenvalue weighted by atomic mass is 9.84. The number of aliphatic hydroxyl groups excluding tert-OH is 1. The molecule has 0 radical (unpaired) electrons. The molecule has 1 aliphatic rings. The Bertz CT molecular complexity index is 689. The van der Waals surface area contributed by atoms with Crippen LogP contribution in [0.4, 0.5) is 0 Å². The number of aliphatic hydroxyl groups is 1. The summed E-state index contributed by atoms with van der Waals surface area (Å²) in [5.41, 5.74) is 0.872. The van der Waals surface area contributed by atoms with Crippen LogP contribution in [0.3, 0.4) is 0 Å². The molecule has 0 aliphatic heterocycles. The lowest BCUT2D eigenvalue weighted by molar-refractivity contribution is -0.130. The summed E-state index contributed by atoms with van der Waals surface area (Å²) in [6, 6.07) is 9.56. The van der Waals surface area contributed by atoms with Gasteiger partial charge in [0, 0.05) is 31.6 Å². The fourth-order valence-electron chi connectivity index (χ4n) is 3.10. The zero-order valence-electron chi connectivity index (χ0n) is 14.2. The van der Waals surface area contributed by atoms with Gasteiger partial charge in [0.05, 0.1) is 12.2 Å². The molecule has 7 heteroatoms. The molecule has 3 atom stereocenters. The van der Waals surface area contributed by atoms with Crippen molar-refractivity contribution in [2.75, 3.05) is 13.7 Å². The van der Waals surface area contributed by atoms with Crippen molar-refractivity contribution < 1.29 is 19.2 Å². The van der Waals surface area contributed by atoms with E-state index in [1.54, 1.807) is 7.11 Å². The SMILES string of the molecule is CO[C@@H]1C[C@H](C(=O)NCCc2noc(-c3ccccc3)n2)CC[C@@H]1O. The highest BCUT2D eigenvalue weighted by atomic mass is 16.5. The van der Waals surface area contributed by atoms with Crippen molar-refractivity contribution in [3.63, 3.8) is 0 Å². The van der Waals surface area contributed by atoms with Crippen LogP contribution in [0.2, 0.25) is 0 Å². The van der Waals surface area contributed by atoms with Crippen LogP contribution in [-0.4, -0.2) is 47.0 Å². The molecule has 0 saturated heterocycles. The van der Waals surface area contributed by atoms with Gasteiger partial charge in [0.1, 0.15) is 0 Å². The quantitative estimate of drug-likeness (QED) is 0.825. The molecule has 2 N–H and O–H groups in total. The standard InChI is InChI=1S/C18H23N3O4/c1-24-15-11-13(7-8-14(15)22)17(23)19-10-9-16-20-18(25-21-16)12-5-3-2-4-6-12/h2-6,13-15,22H,7-11H2,1H3,(H,19,23)/t13-,14+,15-/m1/s1. The molecule has 1 saturated carbocycles. The zero-order valence-corrected chi connectivity index (χ0v) is 14.2. The van der Waals surface area contributed by atoms with Gasteiger partial charge in [-0.1, -0.05) is 23.4 Å². The highest BCUT2D eigenvalue weighted by Gasteiger charge is 2.32. The van der Waals surface area contributed by atoms with Crippen molar-refractivity contribution in [1.29, 1.82) is 0 Å². The molecule has 7 nitrogen and oxygen atoms in total. The number of carbonyl (C=O) groups is 1. The summed E-state index contributed by atoms with van der Waals surface area (Å²) in [7, 11) is 1.56. The second-order valence-electron chi connectivity index (χ2n) is 6.27. The molecule has 1 aromatic heterocycles. The minimum atomic E-state index is -0.482. The van der Waals surface area contributed by atoms with E-state index in [9.17, 15) is 9.90 Å². The number of hydrogen-bond donors (Lipinski definition) is 2. The second-order valence-corrected chi connectivity index (χ2v) is 6.27. The first-order chi connectivity index (χ1) is 12.2. The Balaban J connectivity index is 1.47. The van der Waals surface area contributed by atoms with Crippen molar-refractivity contribution in [3.05, 3.63) is 36.2 Å². The Labute approximate surface area is 146 Å². The highest BCUT2D eigenvalue weighted by molar-refractivity contribution is 5.78. The summed E-state index contributed by atoms with van der Waals surface area (Å²) in [4.78, 5) is 16.6. The summed E-state index contributed by atoms with van der Waals surface area (Å²) in [6.45, 7) is 0.448. The molecule has 0 spiro atoms. The van der Waals surface area contributed by atoms with E-state index in [2.05, 4.69) is 15.5 Å². The molecule has 1 fully saturated rings. The number of rotatable bonds is 6. The Kier molecular flexibility index (Phi) is 5.78. The predicted molar refractivity (Wildman–Crippen MR) is 90.6 cm³/mol. The first-order valence-corrected chi connectivity index (χ1v) is 8.54. The van der Waals surface area contributed by atoms with Crippen molar-refractivity contribution in [2.45, 2.75) is 37.9 Å². The minimum absolute atomic E-state index is 0.0132. The number of hydrogen-bond acceptors (Lipinski definition) is 6. The lowest BCUT2D eigenvalue weighted by Gasteiger charge is -2.31. The van der Waals surface area contributed by atoms with Crippen molar-refractivity contribution >= 4 is 5.91 Å². The van der Waals surface area contributed by atoms with Crippen LogP contribution < -0.4 is 5.32 Å². The van der Waals surface area contributed by atoms with Gasteiger partial charge in [0.25, 0.3) is 5.89 Å². The average molecular weight is 345 g/mol. The molecule has 2 aromatic rings. The third-order valence-electron chi connectivity index (χ3n) is 4.57. The van der Waals surface area contributed by atoms with E-state index >= 15 is 0 Å². The molecular weight excluding hydrogens is 322 g/mol. The maximum atomic E-state index is 12.3. The van der Waals surface area contributed by atoms with Crippen LogP contribution in [0, 0.1) is 5.92 Å². The number of ether oxygens (including phenoxy) is 1. The van der Waals surface area contributed by atoms with Crippen LogP contribution in [0.1, 0.15) is 25.1 Å². The monoisotopic (exact) mass is 345 g/mol. The predicted octanol–water partition coefficient (Wildman–Crippen LogP) is 1.57. The Morgan fingerprint density at radius 3 is 2.92 bits per heavy atom. The highest BCUT2D eigenvalue weighted by Crippen LogP contribution is 2.26. The summed E-state index contributed by atoms with van der Waals surface area (Å²) >= 11 is 0. The number of carbonyl (C=O) groups excluding carboxylic acids is 1. The van der Waals surface area contributed by atoms with Crippen LogP contribution >= 0.6 is 0 Å². The maximum absolute atomic E-state index is 12.3. The number of benzene rings is 1. The number of amides is 1. The lowest BCUT2D eigenvalue weighted by Crippen LogP contribution is -2.41. The van der Waals surface area contributed by atoms with Gasteiger partial charge < -0.3 is 19.7 Å². The molecule has 3 rings (SSSR count). The van der Waals surface area contributed by atoms with Crippen LogP contribution in [0.15, 0.2) is 34.9 Å². The first kappa shape index (κ1) is 17.6. The second kappa shape index (κ2) is 8.22. The maximum Gasteiger partial charge on any atom is 0.257 e. The van der Waals surface area contributed by atoms with Crippen LogP contribution in [0.25, 0.3) is 11.5 Å². The number of methoxy groups -OCH3 is 1. The van der Waals surface area contributed by atoms with E-state index in [-0.39, 0.29) is 17.9 Å². The third kappa shape index (κ3) is 4.43. The van der Waals surface area contributed by atoms with E-state index < -0.39 is 6.10 Å². The summed E-state index contributed by atoms with van der Waals surface area (Å²) in [5, 5.41) is 16.7. The van der Waals surface area contributed by atoms with Gasteiger partial charge in [0.15, 0.2) is 5.82 Å². The van der Waals surface area contributed by atoms with Crippen molar-refractivity contribution in [3.8, 4) is 11.5 Å². The van der Waals surface area contributed by atoms with Crippen molar-refractivity contribution in [2.24, 2.45) is 5.92 Å². The number of aromatic nitrogens is 2. The van der Waals surface area contributed by atoms with Crippen LogP contribution in [0.5, 0.6) is 0 Å². The van der Waals surface area contributed by atoms with Gasteiger partial charge in [0.2, 0.25) is 5.91 Å². The van der Waals surface area contributed by atoms with Gasteiger partial charge in [-0.2, -0.15) is 4.98 Å². The Hall–Kier alpha value is -2.25. The van der Waals surface area contributed by atoms with Gasteiger partial charge >= 0.3 is 0 Å². The molecule has 0 unspecified atom stereocenters. The zero-order chi connectivity index (χ0) is 17.6. The minimum Gasteiger partial charge on any atom is -0.390 e. The average Bonchev–Trinajstić information content (AvgIpc) is 3.11. The fraction of sp³-hybridized carbons (Fsp3) is 0.500. The molecular formula is C18H23N3O4. The smallest absolute Gasteiger partial charge is 0.257 e. The first-order valence-electron chi connectivity index (χ1n) is 8.54. The van der Waals surface area contributed by atoms with Crippen LogP contribution in [-0.2, 0) is 16.0 Å². The molecule has 1 aromatic carbocycles. The normalized spacial score (nSPS) is 23.4.